The van der Waals surface area contributed by atoms with Gasteiger partial charge in [-0.3, -0.25) is 9.00 Å². The number of hydrogen-bond donors (Lipinski definition) is 0. The first-order chi connectivity index (χ1) is 6.93. The molecule has 0 saturated carbocycles. The van der Waals surface area contributed by atoms with Gasteiger partial charge in [-0.15, -0.1) is 11.3 Å². The molecule has 84 valence electrons. The van der Waals surface area contributed by atoms with Crippen LogP contribution < -0.4 is 0 Å². The minimum Gasteiger partial charge on any atom is -0.292 e. The van der Waals surface area contributed by atoms with Crippen LogP contribution >= 0.6 is 22.9 Å². The quantitative estimate of drug-likeness (QED) is 0.783. The molecule has 15 heavy (non-hydrogen) atoms. The molecule has 2 nitrogen and oxygen atoms in total. The maximum atomic E-state index is 11.9. The third kappa shape index (κ3) is 3.13. The third-order valence-corrected chi connectivity index (χ3v) is 5.08. The fourth-order valence-corrected chi connectivity index (χ4v) is 3.46. The van der Waals surface area contributed by atoms with E-state index in [1.165, 1.54) is 11.3 Å². The summed E-state index contributed by atoms with van der Waals surface area (Å²) in [6.07, 6.45) is 0. The number of rotatable bonds is 4. The van der Waals surface area contributed by atoms with Crippen molar-refractivity contribution in [2.24, 2.45) is 0 Å². The number of hydrogen-bond acceptors (Lipinski definition) is 3. The van der Waals surface area contributed by atoms with Crippen molar-refractivity contribution in [3.63, 3.8) is 0 Å². The summed E-state index contributed by atoms with van der Waals surface area (Å²) in [7, 11) is -1.12. The van der Waals surface area contributed by atoms with Crippen LogP contribution in [0.2, 0.25) is 4.34 Å². The second kappa shape index (κ2) is 5.23. The SMILES string of the molecule is CC(C)S(=O)C(C)C(=O)c1ccc(Cl)s1. The molecular weight excluding hydrogens is 252 g/mol. The minimum absolute atomic E-state index is 0.000570. The molecule has 0 N–H and O–H groups in total. The molecule has 0 aliphatic rings. The van der Waals surface area contributed by atoms with Gasteiger partial charge in [-0.1, -0.05) is 25.4 Å². The van der Waals surface area contributed by atoms with Gasteiger partial charge in [0.25, 0.3) is 0 Å². The smallest absolute Gasteiger partial charge is 0.188 e. The number of carbonyl (C=O) groups is 1. The summed E-state index contributed by atoms with van der Waals surface area (Å²) in [4.78, 5) is 12.4. The summed E-state index contributed by atoms with van der Waals surface area (Å²) in [6.45, 7) is 5.40. The zero-order valence-electron chi connectivity index (χ0n) is 8.82. The van der Waals surface area contributed by atoms with Gasteiger partial charge in [-0.05, 0) is 19.1 Å². The van der Waals surface area contributed by atoms with E-state index in [0.717, 1.165) is 0 Å². The predicted molar refractivity (Wildman–Crippen MR) is 66.4 cm³/mol. The molecule has 0 amide bonds. The highest BCUT2D eigenvalue weighted by Gasteiger charge is 2.24. The van der Waals surface area contributed by atoms with Crippen LogP contribution in [0.3, 0.4) is 0 Å². The van der Waals surface area contributed by atoms with Crippen molar-refractivity contribution in [1.29, 1.82) is 0 Å². The summed E-state index contributed by atoms with van der Waals surface area (Å²) < 4.78 is 12.3. The normalized spacial score (nSPS) is 15.3. The Morgan fingerprint density at radius 3 is 2.40 bits per heavy atom. The Labute approximate surface area is 101 Å². The van der Waals surface area contributed by atoms with Crippen molar-refractivity contribution in [2.45, 2.75) is 31.3 Å². The summed E-state index contributed by atoms with van der Waals surface area (Å²) in [6, 6.07) is 3.37. The highest BCUT2D eigenvalue weighted by Crippen LogP contribution is 2.23. The van der Waals surface area contributed by atoms with Crippen LogP contribution in [0.15, 0.2) is 12.1 Å². The van der Waals surface area contributed by atoms with Crippen molar-refractivity contribution < 1.29 is 9.00 Å². The molecule has 1 rings (SSSR count). The summed E-state index contributed by atoms with van der Waals surface area (Å²) >= 11 is 6.98. The van der Waals surface area contributed by atoms with Gasteiger partial charge in [0.05, 0.1) is 14.5 Å². The van der Waals surface area contributed by atoms with Crippen LogP contribution in [0.4, 0.5) is 0 Å². The Kier molecular flexibility index (Phi) is 4.49. The van der Waals surface area contributed by atoms with Crippen molar-refractivity contribution in [3.05, 3.63) is 21.3 Å². The van der Waals surface area contributed by atoms with Gasteiger partial charge in [-0.25, -0.2) is 0 Å². The largest absolute Gasteiger partial charge is 0.292 e. The maximum absolute atomic E-state index is 11.9. The molecule has 0 aromatic carbocycles. The molecule has 2 unspecified atom stereocenters. The fourth-order valence-electron chi connectivity index (χ4n) is 1.16. The number of carbonyl (C=O) groups excluding carboxylic acids is 1. The lowest BCUT2D eigenvalue weighted by molar-refractivity contribution is 0.0996. The minimum atomic E-state index is -1.12. The Bertz CT molecular complexity index is 385. The molecule has 0 aliphatic heterocycles. The van der Waals surface area contributed by atoms with Gasteiger partial charge >= 0.3 is 0 Å². The van der Waals surface area contributed by atoms with Crippen molar-refractivity contribution in [2.75, 3.05) is 0 Å². The van der Waals surface area contributed by atoms with E-state index in [-0.39, 0.29) is 11.0 Å². The topological polar surface area (TPSA) is 34.1 Å². The first-order valence-corrected chi connectivity index (χ1v) is 7.09. The van der Waals surface area contributed by atoms with E-state index in [1.54, 1.807) is 19.1 Å². The number of thiophene rings is 1. The molecule has 0 saturated heterocycles. The number of halogens is 1. The van der Waals surface area contributed by atoms with Gasteiger partial charge in [0.15, 0.2) is 5.78 Å². The predicted octanol–water partition coefficient (Wildman–Crippen LogP) is 3.13. The molecule has 1 heterocycles. The lowest BCUT2D eigenvalue weighted by atomic mass is 10.2. The number of ketones is 1. The van der Waals surface area contributed by atoms with Crippen LogP contribution in [0.5, 0.6) is 0 Å². The molecular formula is C10H13ClO2S2. The summed E-state index contributed by atoms with van der Waals surface area (Å²) in [5.74, 6) is -0.0843. The average Bonchev–Trinajstić information content (AvgIpc) is 2.61. The molecule has 0 spiro atoms. The van der Waals surface area contributed by atoms with Crippen molar-refractivity contribution in [1.82, 2.24) is 0 Å². The lowest BCUT2D eigenvalue weighted by Crippen LogP contribution is -2.26. The lowest BCUT2D eigenvalue weighted by Gasteiger charge is -2.11. The van der Waals surface area contributed by atoms with Gasteiger partial charge in [-0.2, -0.15) is 0 Å². The Hall–Kier alpha value is -0.190. The summed E-state index contributed by atoms with van der Waals surface area (Å²) in [5.41, 5.74) is 0. The monoisotopic (exact) mass is 264 g/mol. The molecule has 0 aliphatic carbocycles. The fraction of sp³-hybridized carbons (Fsp3) is 0.500. The van der Waals surface area contributed by atoms with Crippen LogP contribution in [-0.4, -0.2) is 20.5 Å². The second-order valence-corrected chi connectivity index (χ2v) is 7.51. The molecule has 0 bridgehead atoms. The highest BCUT2D eigenvalue weighted by atomic mass is 35.5. The third-order valence-electron chi connectivity index (χ3n) is 2.00. The first kappa shape index (κ1) is 12.9. The molecule has 0 radical (unpaired) electrons. The van der Waals surface area contributed by atoms with Gasteiger partial charge in [0, 0.05) is 16.0 Å². The molecule has 5 heteroatoms. The zero-order chi connectivity index (χ0) is 11.6. The van der Waals surface area contributed by atoms with Gasteiger partial charge in [0.1, 0.15) is 0 Å². The molecule has 1 aromatic rings. The Morgan fingerprint density at radius 2 is 2.00 bits per heavy atom. The van der Waals surface area contributed by atoms with Crippen LogP contribution in [0.1, 0.15) is 30.4 Å². The second-order valence-electron chi connectivity index (χ2n) is 3.49. The van der Waals surface area contributed by atoms with Crippen molar-refractivity contribution in [3.8, 4) is 0 Å². The number of Topliss-reactive ketones (excluding diaryl/α,β-unsaturated/α-hetero) is 1. The van der Waals surface area contributed by atoms with Gasteiger partial charge < -0.3 is 0 Å². The van der Waals surface area contributed by atoms with E-state index in [2.05, 4.69) is 0 Å². The Balaban J connectivity index is 2.82. The van der Waals surface area contributed by atoms with Crippen LogP contribution in [-0.2, 0) is 10.8 Å². The molecule has 2 atom stereocenters. The van der Waals surface area contributed by atoms with E-state index >= 15 is 0 Å². The van der Waals surface area contributed by atoms with Crippen LogP contribution in [0.25, 0.3) is 0 Å². The van der Waals surface area contributed by atoms with Crippen molar-refractivity contribution >= 4 is 39.5 Å². The molecule has 1 aromatic heterocycles. The highest BCUT2D eigenvalue weighted by molar-refractivity contribution is 7.87. The van der Waals surface area contributed by atoms with E-state index in [0.29, 0.717) is 9.21 Å². The van der Waals surface area contributed by atoms with E-state index in [1.807, 2.05) is 13.8 Å². The standard InChI is InChI=1S/C10H13ClO2S2/c1-6(2)15(13)7(3)10(12)8-4-5-9(11)14-8/h4-7H,1-3H3. The van der Waals surface area contributed by atoms with E-state index < -0.39 is 16.0 Å². The van der Waals surface area contributed by atoms with E-state index in [9.17, 15) is 9.00 Å². The maximum Gasteiger partial charge on any atom is 0.188 e. The van der Waals surface area contributed by atoms with Crippen LogP contribution in [0, 0.1) is 0 Å². The summed E-state index contributed by atoms with van der Waals surface area (Å²) in [5, 5.41) is -0.459. The van der Waals surface area contributed by atoms with Gasteiger partial charge in [0.2, 0.25) is 0 Å². The first-order valence-electron chi connectivity index (χ1n) is 4.62. The Morgan fingerprint density at radius 1 is 1.40 bits per heavy atom. The average molecular weight is 265 g/mol. The molecule has 0 fully saturated rings. The van der Waals surface area contributed by atoms with E-state index in [4.69, 9.17) is 11.6 Å². The zero-order valence-corrected chi connectivity index (χ0v) is 11.2.